The molecule has 1 saturated heterocycles. The molecule has 7 heteroatoms. The Bertz CT molecular complexity index is 526. The summed E-state index contributed by atoms with van der Waals surface area (Å²) in [4.78, 5) is 36.7. The van der Waals surface area contributed by atoms with E-state index >= 15 is 0 Å². The van der Waals surface area contributed by atoms with Crippen LogP contribution in [-0.4, -0.2) is 35.9 Å². The summed E-state index contributed by atoms with van der Waals surface area (Å²) in [6.45, 7) is 1.94. The Balaban J connectivity index is 2.19. The summed E-state index contributed by atoms with van der Waals surface area (Å²) in [5, 5.41) is 1.70. The second kappa shape index (κ2) is 5.75. The Morgan fingerprint density at radius 1 is 1.53 bits per heavy atom. The van der Waals surface area contributed by atoms with Crippen molar-refractivity contribution >= 4 is 45.8 Å². The Kier molecular flexibility index (Phi) is 4.26. The Morgan fingerprint density at radius 3 is 2.89 bits per heavy atom. The van der Waals surface area contributed by atoms with Crippen molar-refractivity contribution < 1.29 is 19.1 Å². The fourth-order valence-electron chi connectivity index (χ4n) is 1.98. The van der Waals surface area contributed by atoms with E-state index in [2.05, 4.69) is 0 Å². The van der Waals surface area contributed by atoms with Gasteiger partial charge < -0.3 is 9.64 Å². The molecule has 1 unspecified atom stereocenters. The van der Waals surface area contributed by atoms with Gasteiger partial charge in [-0.05, 0) is 11.4 Å². The van der Waals surface area contributed by atoms with E-state index in [9.17, 15) is 14.4 Å². The number of thioether (sulfide) groups is 1. The first-order valence-corrected chi connectivity index (χ1v) is 7.42. The topological polar surface area (TPSA) is 63.7 Å². The lowest BCUT2D eigenvalue weighted by molar-refractivity contribution is -0.117. The normalized spacial score (nSPS) is 18.7. The number of carbonyl (C=O) groups excluding carboxylic acids is 3. The maximum atomic E-state index is 12.0. The van der Waals surface area contributed by atoms with Crippen molar-refractivity contribution in [2.24, 2.45) is 0 Å². The lowest BCUT2D eigenvalue weighted by atomic mass is 10.3. The second-order valence-electron chi connectivity index (χ2n) is 4.07. The molecule has 1 aliphatic heterocycles. The summed E-state index contributed by atoms with van der Waals surface area (Å²) in [5.74, 6) is -0.511. The highest BCUT2D eigenvalue weighted by molar-refractivity contribution is 8.14. The van der Waals surface area contributed by atoms with Crippen molar-refractivity contribution in [3.63, 3.8) is 0 Å². The summed E-state index contributed by atoms with van der Waals surface area (Å²) < 4.78 is 4.70. The highest BCUT2D eigenvalue weighted by Gasteiger charge is 2.34. The maximum absolute atomic E-state index is 12.0. The number of thiophene rings is 1. The van der Waals surface area contributed by atoms with Crippen molar-refractivity contribution in [2.75, 3.05) is 18.6 Å². The number of rotatable bonds is 3. The number of nitrogens with zero attached hydrogens (tertiary/aromatic N) is 1. The highest BCUT2D eigenvalue weighted by Crippen LogP contribution is 2.33. The molecule has 0 saturated carbocycles. The van der Waals surface area contributed by atoms with E-state index in [4.69, 9.17) is 4.74 Å². The van der Waals surface area contributed by atoms with E-state index in [1.165, 1.54) is 37.1 Å². The minimum absolute atomic E-state index is 0.00170. The van der Waals surface area contributed by atoms with Crippen LogP contribution in [0.4, 0.5) is 5.69 Å². The third kappa shape index (κ3) is 2.98. The first-order chi connectivity index (χ1) is 9.02. The molecule has 0 aliphatic carbocycles. The summed E-state index contributed by atoms with van der Waals surface area (Å²) in [6, 6.07) is 1.73. The van der Waals surface area contributed by atoms with Crippen molar-refractivity contribution in [2.45, 2.75) is 18.6 Å². The molecule has 0 spiro atoms. The van der Waals surface area contributed by atoms with Crippen LogP contribution in [0.2, 0.25) is 0 Å². The standard InChI is InChI=1S/C12H13NO4S2/c1-7(14)19-8-5-10(15)13(6-8)9-3-4-18-11(9)12(16)17-2/h3-4,8H,5-6H2,1-2H3. The van der Waals surface area contributed by atoms with Gasteiger partial charge in [-0.2, -0.15) is 0 Å². The number of methoxy groups -OCH3 is 1. The lowest BCUT2D eigenvalue weighted by Gasteiger charge is -2.16. The molecule has 1 fully saturated rings. The number of ether oxygens (including phenoxy) is 1. The predicted octanol–water partition coefficient (Wildman–Crippen LogP) is 1.92. The van der Waals surface area contributed by atoms with E-state index in [0.717, 1.165) is 0 Å². The summed E-state index contributed by atoms with van der Waals surface area (Å²) in [5.41, 5.74) is 0.577. The van der Waals surface area contributed by atoms with Gasteiger partial charge in [0.2, 0.25) is 5.91 Å². The molecular formula is C12H13NO4S2. The van der Waals surface area contributed by atoms with Crippen LogP contribution < -0.4 is 4.90 Å². The fourth-order valence-corrected chi connectivity index (χ4v) is 3.71. The van der Waals surface area contributed by atoms with Gasteiger partial charge in [-0.25, -0.2) is 4.79 Å². The molecule has 102 valence electrons. The van der Waals surface area contributed by atoms with Gasteiger partial charge in [-0.15, -0.1) is 11.3 Å². The van der Waals surface area contributed by atoms with Crippen LogP contribution in [0.15, 0.2) is 11.4 Å². The fraction of sp³-hybridized carbons (Fsp3) is 0.417. The maximum Gasteiger partial charge on any atom is 0.350 e. The SMILES string of the molecule is COC(=O)c1sccc1N1CC(SC(C)=O)CC1=O. The number of hydrogen-bond donors (Lipinski definition) is 0. The molecule has 19 heavy (non-hydrogen) atoms. The molecule has 5 nitrogen and oxygen atoms in total. The van der Waals surface area contributed by atoms with Crippen molar-refractivity contribution in [3.05, 3.63) is 16.3 Å². The predicted molar refractivity (Wildman–Crippen MR) is 74.7 cm³/mol. The largest absolute Gasteiger partial charge is 0.465 e. The minimum Gasteiger partial charge on any atom is -0.465 e. The molecular weight excluding hydrogens is 286 g/mol. The number of anilines is 1. The van der Waals surface area contributed by atoms with Crippen LogP contribution in [-0.2, 0) is 14.3 Å². The monoisotopic (exact) mass is 299 g/mol. The van der Waals surface area contributed by atoms with Crippen LogP contribution >= 0.6 is 23.1 Å². The molecule has 1 aromatic rings. The van der Waals surface area contributed by atoms with Gasteiger partial charge in [-0.3, -0.25) is 9.59 Å². The molecule has 1 aliphatic rings. The van der Waals surface area contributed by atoms with E-state index in [0.29, 0.717) is 23.5 Å². The van der Waals surface area contributed by atoms with Crippen LogP contribution in [0.5, 0.6) is 0 Å². The third-order valence-electron chi connectivity index (χ3n) is 2.73. The molecule has 0 radical (unpaired) electrons. The molecule has 1 amide bonds. The molecule has 1 aromatic heterocycles. The number of hydrogen-bond acceptors (Lipinski definition) is 6. The van der Waals surface area contributed by atoms with Gasteiger partial charge in [0.15, 0.2) is 5.12 Å². The van der Waals surface area contributed by atoms with Gasteiger partial charge in [0, 0.05) is 25.1 Å². The van der Waals surface area contributed by atoms with Crippen molar-refractivity contribution in [1.29, 1.82) is 0 Å². The van der Waals surface area contributed by atoms with E-state index < -0.39 is 5.97 Å². The van der Waals surface area contributed by atoms with Gasteiger partial charge in [-0.1, -0.05) is 11.8 Å². The number of carbonyl (C=O) groups is 3. The first-order valence-electron chi connectivity index (χ1n) is 5.66. The van der Waals surface area contributed by atoms with Gasteiger partial charge >= 0.3 is 5.97 Å². The van der Waals surface area contributed by atoms with Crippen LogP contribution in [0.1, 0.15) is 23.0 Å². The molecule has 0 bridgehead atoms. The lowest BCUT2D eigenvalue weighted by Crippen LogP contribution is -2.26. The summed E-state index contributed by atoms with van der Waals surface area (Å²) in [6.07, 6.45) is 0.320. The van der Waals surface area contributed by atoms with Gasteiger partial charge in [0.25, 0.3) is 0 Å². The zero-order valence-electron chi connectivity index (χ0n) is 10.5. The Labute approximate surface area is 118 Å². The first kappa shape index (κ1) is 14.1. The van der Waals surface area contributed by atoms with Crippen LogP contribution in [0, 0.1) is 0 Å². The zero-order valence-corrected chi connectivity index (χ0v) is 12.2. The van der Waals surface area contributed by atoms with Crippen LogP contribution in [0.25, 0.3) is 0 Å². The molecule has 2 rings (SSSR count). The summed E-state index contributed by atoms with van der Waals surface area (Å²) in [7, 11) is 1.31. The third-order valence-corrected chi connectivity index (χ3v) is 4.59. The van der Waals surface area contributed by atoms with Crippen molar-refractivity contribution in [3.8, 4) is 0 Å². The zero-order chi connectivity index (χ0) is 14.0. The number of esters is 1. The average Bonchev–Trinajstić information content (AvgIpc) is 2.93. The molecule has 1 atom stereocenters. The highest BCUT2D eigenvalue weighted by atomic mass is 32.2. The molecule has 0 N–H and O–H groups in total. The van der Waals surface area contributed by atoms with Crippen molar-refractivity contribution in [1.82, 2.24) is 0 Å². The minimum atomic E-state index is -0.444. The van der Waals surface area contributed by atoms with Crippen LogP contribution in [0.3, 0.4) is 0 Å². The summed E-state index contributed by atoms with van der Waals surface area (Å²) >= 11 is 2.42. The Morgan fingerprint density at radius 2 is 2.26 bits per heavy atom. The van der Waals surface area contributed by atoms with Gasteiger partial charge in [0.1, 0.15) is 4.88 Å². The molecule has 0 aromatic carbocycles. The van der Waals surface area contributed by atoms with Gasteiger partial charge in [0.05, 0.1) is 12.8 Å². The average molecular weight is 299 g/mol. The van der Waals surface area contributed by atoms with E-state index in [-0.39, 0.29) is 16.3 Å². The Hall–Kier alpha value is -1.34. The molecule has 2 heterocycles. The van der Waals surface area contributed by atoms with E-state index in [1.54, 1.807) is 16.3 Å². The number of amides is 1. The second-order valence-corrected chi connectivity index (χ2v) is 6.46. The quantitative estimate of drug-likeness (QED) is 0.798. The van der Waals surface area contributed by atoms with E-state index in [1.807, 2.05) is 0 Å². The smallest absolute Gasteiger partial charge is 0.350 e.